The first-order chi connectivity index (χ1) is 17.4. The van der Waals surface area contributed by atoms with Crippen molar-refractivity contribution in [3.05, 3.63) is 35.4 Å². The predicted molar refractivity (Wildman–Crippen MR) is 142 cm³/mol. The molecular weight excluding hydrogens is 498 g/mol. The second-order valence-corrected chi connectivity index (χ2v) is 9.73. The van der Waals surface area contributed by atoms with Crippen LogP contribution in [0.5, 0.6) is 0 Å². The van der Waals surface area contributed by atoms with E-state index in [1.54, 1.807) is 38.1 Å². The van der Waals surface area contributed by atoms with Gasteiger partial charge >= 0.3 is 0 Å². The smallest absolute Gasteiger partial charge is 0.261 e. The van der Waals surface area contributed by atoms with E-state index in [0.29, 0.717) is 24.0 Å². The molecule has 1 heterocycles. The maximum atomic E-state index is 12.9. The van der Waals surface area contributed by atoms with E-state index in [1.807, 2.05) is 0 Å². The Morgan fingerprint density at radius 3 is 2.05 bits per heavy atom. The summed E-state index contributed by atoms with van der Waals surface area (Å²) in [5.41, 5.74) is 16.7. The molecule has 0 bridgehead atoms. The molecule has 0 spiro atoms. The van der Waals surface area contributed by atoms with Crippen molar-refractivity contribution in [2.24, 2.45) is 28.1 Å². The Labute approximate surface area is 221 Å². The van der Waals surface area contributed by atoms with Crippen LogP contribution in [-0.4, -0.2) is 70.8 Å². The van der Waals surface area contributed by atoms with Crippen LogP contribution in [0.4, 0.5) is 0 Å². The van der Waals surface area contributed by atoms with E-state index >= 15 is 0 Å². The van der Waals surface area contributed by atoms with Gasteiger partial charge in [0.2, 0.25) is 17.7 Å². The Balaban J connectivity index is 1.88. The molecule has 3 atom stereocenters. The SMILES string of the molecule is CC(C)[C@H](NC(=O)C(S)CCCN1C(=O)c2ccccc2C1=O)C(=O)N[C@@H](CCCN=C(N)N)C(N)=O. The van der Waals surface area contributed by atoms with Crippen molar-refractivity contribution < 1.29 is 24.0 Å². The number of nitrogens with zero attached hydrogens (tertiary/aromatic N) is 2. The van der Waals surface area contributed by atoms with Gasteiger partial charge in [0.25, 0.3) is 11.8 Å². The number of imide groups is 1. The summed E-state index contributed by atoms with van der Waals surface area (Å²) in [5.74, 6) is -2.85. The number of thiol groups is 1. The number of aliphatic imine (C=N–C) groups is 1. The number of fused-ring (bicyclic) bond motifs is 1. The fourth-order valence-electron chi connectivity index (χ4n) is 3.85. The summed E-state index contributed by atoms with van der Waals surface area (Å²) in [6, 6.07) is 4.72. The van der Waals surface area contributed by atoms with Crippen LogP contribution in [0.15, 0.2) is 29.3 Å². The van der Waals surface area contributed by atoms with Gasteiger partial charge in [-0.05, 0) is 43.7 Å². The third-order valence-electron chi connectivity index (χ3n) is 5.89. The number of nitrogens with two attached hydrogens (primary N) is 3. The van der Waals surface area contributed by atoms with E-state index in [1.165, 1.54) is 0 Å². The van der Waals surface area contributed by atoms with Crippen LogP contribution >= 0.6 is 12.6 Å². The lowest BCUT2D eigenvalue weighted by molar-refractivity contribution is -0.132. The summed E-state index contributed by atoms with van der Waals surface area (Å²) in [6.07, 6.45) is 1.26. The fourth-order valence-corrected chi connectivity index (χ4v) is 4.11. The molecule has 0 fully saturated rings. The van der Waals surface area contributed by atoms with E-state index < -0.39 is 35.1 Å². The Hall–Kier alpha value is -3.61. The lowest BCUT2D eigenvalue weighted by atomic mass is 10.0. The van der Waals surface area contributed by atoms with Crippen LogP contribution in [0.3, 0.4) is 0 Å². The minimum atomic E-state index is -0.952. The molecule has 1 aliphatic rings. The summed E-state index contributed by atoms with van der Waals surface area (Å²) in [5, 5.41) is 4.47. The Bertz CT molecular complexity index is 1020. The molecule has 5 amide bonds. The van der Waals surface area contributed by atoms with E-state index in [4.69, 9.17) is 17.2 Å². The number of amides is 5. The van der Waals surface area contributed by atoms with Crippen LogP contribution in [0, 0.1) is 5.92 Å². The minimum absolute atomic E-state index is 0.0766. The van der Waals surface area contributed by atoms with Gasteiger partial charge in [0.15, 0.2) is 5.96 Å². The number of rotatable bonds is 14. The van der Waals surface area contributed by atoms with Crippen molar-refractivity contribution in [2.75, 3.05) is 13.1 Å². The van der Waals surface area contributed by atoms with Gasteiger partial charge in [-0.2, -0.15) is 12.6 Å². The zero-order chi connectivity index (χ0) is 27.7. The van der Waals surface area contributed by atoms with Crippen molar-refractivity contribution in [3.8, 4) is 0 Å². The maximum Gasteiger partial charge on any atom is 0.261 e. The maximum absolute atomic E-state index is 12.9. The number of carbonyl (C=O) groups excluding carboxylic acids is 5. The third kappa shape index (κ3) is 8.20. The lowest BCUT2D eigenvalue weighted by Crippen LogP contribution is -2.55. The van der Waals surface area contributed by atoms with Gasteiger partial charge in [-0.15, -0.1) is 0 Å². The highest BCUT2D eigenvalue weighted by Gasteiger charge is 2.35. The van der Waals surface area contributed by atoms with Crippen LogP contribution < -0.4 is 27.8 Å². The minimum Gasteiger partial charge on any atom is -0.370 e. The molecule has 1 aliphatic heterocycles. The average molecular weight is 534 g/mol. The van der Waals surface area contributed by atoms with E-state index in [-0.39, 0.29) is 49.6 Å². The van der Waals surface area contributed by atoms with Crippen molar-refractivity contribution in [1.29, 1.82) is 0 Å². The molecule has 1 aromatic carbocycles. The third-order valence-corrected chi connectivity index (χ3v) is 6.38. The molecule has 12 nitrogen and oxygen atoms in total. The molecule has 2 rings (SSSR count). The van der Waals surface area contributed by atoms with Gasteiger partial charge in [-0.3, -0.25) is 33.9 Å². The number of primary amides is 1. The predicted octanol–water partition coefficient (Wildman–Crippen LogP) is -0.474. The van der Waals surface area contributed by atoms with Crippen molar-refractivity contribution >= 4 is 48.1 Å². The molecule has 1 aromatic rings. The van der Waals surface area contributed by atoms with Crippen LogP contribution in [-0.2, 0) is 14.4 Å². The van der Waals surface area contributed by atoms with Crippen molar-refractivity contribution in [1.82, 2.24) is 15.5 Å². The first kappa shape index (κ1) is 29.6. The summed E-state index contributed by atoms with van der Waals surface area (Å²) >= 11 is 4.34. The van der Waals surface area contributed by atoms with Gasteiger partial charge in [0.05, 0.1) is 16.4 Å². The number of guanidine groups is 1. The molecular formula is C24H35N7O5S. The molecule has 0 aromatic heterocycles. The zero-order valence-electron chi connectivity index (χ0n) is 21.0. The van der Waals surface area contributed by atoms with Crippen LogP contribution in [0.1, 0.15) is 60.2 Å². The number of benzene rings is 1. The quantitative estimate of drug-likeness (QED) is 0.0609. The molecule has 37 heavy (non-hydrogen) atoms. The van der Waals surface area contributed by atoms with Crippen molar-refractivity contribution in [2.45, 2.75) is 56.9 Å². The molecule has 0 saturated heterocycles. The number of hydrogen-bond acceptors (Lipinski definition) is 7. The molecule has 0 radical (unpaired) electrons. The molecule has 13 heteroatoms. The van der Waals surface area contributed by atoms with E-state index in [0.717, 1.165) is 4.90 Å². The summed E-state index contributed by atoms with van der Waals surface area (Å²) in [7, 11) is 0. The average Bonchev–Trinajstić information content (AvgIpc) is 3.08. The second-order valence-electron chi connectivity index (χ2n) is 9.11. The molecule has 8 N–H and O–H groups in total. The lowest BCUT2D eigenvalue weighted by Gasteiger charge is -2.25. The number of hydrogen-bond donors (Lipinski definition) is 6. The Kier molecular flexibility index (Phi) is 10.9. The second kappa shape index (κ2) is 13.6. The summed E-state index contributed by atoms with van der Waals surface area (Å²) in [4.78, 5) is 67.3. The Morgan fingerprint density at radius 1 is 0.946 bits per heavy atom. The normalized spacial score (nSPS) is 15.1. The topological polar surface area (TPSA) is 203 Å². The van der Waals surface area contributed by atoms with Gasteiger partial charge in [0, 0.05) is 13.1 Å². The van der Waals surface area contributed by atoms with Crippen LogP contribution in [0.25, 0.3) is 0 Å². The Morgan fingerprint density at radius 2 is 1.54 bits per heavy atom. The molecule has 0 saturated carbocycles. The van der Waals surface area contributed by atoms with Crippen LogP contribution in [0.2, 0.25) is 0 Å². The van der Waals surface area contributed by atoms with Gasteiger partial charge < -0.3 is 27.8 Å². The molecule has 1 unspecified atom stereocenters. The largest absolute Gasteiger partial charge is 0.370 e. The first-order valence-corrected chi connectivity index (χ1v) is 12.5. The fraction of sp³-hybridized carbons (Fsp3) is 0.500. The highest BCUT2D eigenvalue weighted by Crippen LogP contribution is 2.23. The highest BCUT2D eigenvalue weighted by molar-refractivity contribution is 7.81. The summed E-state index contributed by atoms with van der Waals surface area (Å²) in [6.45, 7) is 3.91. The van der Waals surface area contributed by atoms with Gasteiger partial charge in [-0.25, -0.2) is 0 Å². The number of carbonyl (C=O) groups is 5. The number of nitrogens with one attached hydrogen (secondary N) is 2. The standard InChI is InChI=1S/C24H35N7O5S/c1-13(2)18(21(34)29-16(19(25)32)9-5-11-28-24(26)27)30-20(33)17(37)10-6-12-31-22(35)14-7-3-4-8-15(14)23(31)36/h3-4,7-8,13,16-18,37H,5-6,9-12H2,1-2H3,(H2,25,32)(H,29,34)(H,30,33)(H4,26,27,28)/t16-,17?,18-/m0/s1. The monoisotopic (exact) mass is 533 g/mol. The van der Waals surface area contributed by atoms with Gasteiger partial charge in [-0.1, -0.05) is 26.0 Å². The van der Waals surface area contributed by atoms with E-state index in [2.05, 4.69) is 28.3 Å². The first-order valence-electron chi connectivity index (χ1n) is 12.0. The summed E-state index contributed by atoms with van der Waals surface area (Å²) < 4.78 is 0. The molecule has 0 aliphatic carbocycles. The van der Waals surface area contributed by atoms with E-state index in [9.17, 15) is 24.0 Å². The zero-order valence-corrected chi connectivity index (χ0v) is 21.9. The molecule has 202 valence electrons. The van der Waals surface area contributed by atoms with Gasteiger partial charge in [0.1, 0.15) is 12.1 Å². The highest BCUT2D eigenvalue weighted by atomic mass is 32.1. The van der Waals surface area contributed by atoms with Crippen molar-refractivity contribution in [3.63, 3.8) is 0 Å².